The number of guanidine groups is 1. The van der Waals surface area contributed by atoms with Crippen LogP contribution in [0.5, 0.6) is 0 Å². The number of aliphatic imine (C=N–C) groups is 1. The second-order valence-corrected chi connectivity index (χ2v) is 7.77. The van der Waals surface area contributed by atoms with Crippen LogP contribution in [0.3, 0.4) is 0 Å². The van der Waals surface area contributed by atoms with E-state index in [4.69, 9.17) is 4.74 Å². The minimum atomic E-state index is -0.488. The maximum atomic E-state index is 11.9. The van der Waals surface area contributed by atoms with Gasteiger partial charge in [-0.25, -0.2) is 4.79 Å². The zero-order valence-corrected chi connectivity index (χ0v) is 16.1. The Balaban J connectivity index is 1.49. The number of carbonyl (C=O) groups is 1. The fourth-order valence-corrected chi connectivity index (χ4v) is 3.38. The first-order chi connectivity index (χ1) is 12.4. The fraction of sp³-hybridized carbons (Fsp3) is 0.765. The molecule has 3 heterocycles. The molecule has 9 heteroatoms. The molecule has 9 nitrogen and oxygen atoms in total. The molecule has 0 spiro atoms. The molecular formula is C17H29N7O2. The number of likely N-dealkylation sites (tertiary alicyclic amines) is 1. The summed E-state index contributed by atoms with van der Waals surface area (Å²) >= 11 is 0. The van der Waals surface area contributed by atoms with Gasteiger partial charge in [-0.1, -0.05) is 0 Å². The van der Waals surface area contributed by atoms with Gasteiger partial charge in [-0.2, -0.15) is 0 Å². The molecule has 0 aliphatic carbocycles. The molecule has 0 saturated carbocycles. The third kappa shape index (κ3) is 4.44. The van der Waals surface area contributed by atoms with Crippen molar-refractivity contribution in [1.82, 2.24) is 30.3 Å². The van der Waals surface area contributed by atoms with E-state index in [1.165, 1.54) is 0 Å². The van der Waals surface area contributed by atoms with E-state index in [0.29, 0.717) is 13.1 Å². The van der Waals surface area contributed by atoms with Gasteiger partial charge in [0, 0.05) is 33.1 Å². The Kier molecular flexibility index (Phi) is 5.33. The van der Waals surface area contributed by atoms with Crippen LogP contribution in [0.2, 0.25) is 0 Å². The third-order valence-electron chi connectivity index (χ3n) is 4.51. The summed E-state index contributed by atoms with van der Waals surface area (Å²) in [6, 6.07) is 0.0562. The van der Waals surface area contributed by atoms with Crippen LogP contribution in [-0.2, 0) is 24.2 Å². The van der Waals surface area contributed by atoms with Crippen molar-refractivity contribution in [2.75, 3.05) is 20.1 Å². The predicted octanol–water partition coefficient (Wildman–Crippen LogP) is 0.899. The topological polar surface area (TPSA) is 96.7 Å². The Morgan fingerprint density at radius 2 is 2.15 bits per heavy atom. The van der Waals surface area contributed by atoms with E-state index in [1.54, 1.807) is 7.05 Å². The monoisotopic (exact) mass is 363 g/mol. The molecule has 2 aliphatic heterocycles. The number of ether oxygens (including phenoxy) is 1. The van der Waals surface area contributed by atoms with Gasteiger partial charge in [0.05, 0.1) is 12.6 Å². The maximum Gasteiger partial charge on any atom is 0.407 e. The van der Waals surface area contributed by atoms with Crippen LogP contribution < -0.4 is 10.6 Å². The van der Waals surface area contributed by atoms with Crippen LogP contribution in [0.4, 0.5) is 4.79 Å². The smallest absolute Gasteiger partial charge is 0.407 e. The number of nitrogens with one attached hydrogen (secondary N) is 2. The number of alkyl carbamates (subject to hydrolysis) is 1. The van der Waals surface area contributed by atoms with Crippen molar-refractivity contribution in [2.45, 2.75) is 64.8 Å². The summed E-state index contributed by atoms with van der Waals surface area (Å²) in [6.45, 7) is 8.71. The van der Waals surface area contributed by atoms with Crippen LogP contribution in [0.25, 0.3) is 0 Å². The number of fused-ring (bicyclic) bond motifs is 1. The van der Waals surface area contributed by atoms with Gasteiger partial charge in [0.25, 0.3) is 0 Å². The highest BCUT2D eigenvalue weighted by Crippen LogP contribution is 2.15. The molecule has 0 aromatic carbocycles. The third-order valence-corrected chi connectivity index (χ3v) is 4.51. The van der Waals surface area contributed by atoms with E-state index in [0.717, 1.165) is 50.0 Å². The van der Waals surface area contributed by atoms with Gasteiger partial charge in [0.1, 0.15) is 11.4 Å². The lowest BCUT2D eigenvalue weighted by molar-refractivity contribution is 0.0507. The van der Waals surface area contributed by atoms with E-state index in [1.807, 2.05) is 20.8 Å². The number of hydrogen-bond acceptors (Lipinski definition) is 5. The molecule has 1 saturated heterocycles. The summed E-state index contributed by atoms with van der Waals surface area (Å²) in [5.41, 5.74) is -0.488. The van der Waals surface area contributed by atoms with Crippen LogP contribution in [0.1, 0.15) is 45.3 Å². The molecule has 2 N–H and O–H groups in total. The zero-order valence-electron chi connectivity index (χ0n) is 16.1. The van der Waals surface area contributed by atoms with E-state index in [2.05, 4.69) is 35.3 Å². The largest absolute Gasteiger partial charge is 0.444 e. The van der Waals surface area contributed by atoms with Crippen molar-refractivity contribution in [1.29, 1.82) is 0 Å². The molecule has 1 atom stereocenters. The lowest BCUT2D eigenvalue weighted by atomic mass is 10.2. The highest BCUT2D eigenvalue weighted by atomic mass is 16.6. The molecule has 144 valence electrons. The first kappa shape index (κ1) is 18.5. The second-order valence-electron chi connectivity index (χ2n) is 7.77. The molecule has 0 bridgehead atoms. The number of aryl methyl sites for hydroxylation is 1. The highest BCUT2D eigenvalue weighted by Gasteiger charge is 2.28. The van der Waals surface area contributed by atoms with Gasteiger partial charge in [0.15, 0.2) is 11.8 Å². The van der Waals surface area contributed by atoms with Crippen molar-refractivity contribution < 1.29 is 9.53 Å². The molecular weight excluding hydrogens is 334 g/mol. The SMILES string of the molecule is CN=C(NCc1nnc2n1CCC2)N1CCC(NC(=O)OC(C)(C)C)C1. The molecule has 1 unspecified atom stereocenters. The first-order valence-electron chi connectivity index (χ1n) is 9.22. The van der Waals surface area contributed by atoms with Gasteiger partial charge >= 0.3 is 6.09 Å². The number of nitrogens with zero attached hydrogens (tertiary/aromatic N) is 5. The second kappa shape index (κ2) is 7.51. The van der Waals surface area contributed by atoms with Crippen LogP contribution in [0, 0.1) is 0 Å². The standard InChI is InChI=1S/C17H29N7O2/c1-17(2,3)26-16(25)20-12-7-9-23(11-12)15(18-4)19-10-14-22-21-13-6-5-8-24(13)14/h12H,5-11H2,1-4H3,(H,18,19)(H,20,25). The molecule has 1 aromatic rings. The molecule has 3 rings (SSSR count). The Morgan fingerprint density at radius 1 is 1.35 bits per heavy atom. The Morgan fingerprint density at radius 3 is 2.88 bits per heavy atom. The Labute approximate surface area is 154 Å². The highest BCUT2D eigenvalue weighted by molar-refractivity contribution is 5.80. The molecule has 1 fully saturated rings. The number of hydrogen-bond donors (Lipinski definition) is 2. The van der Waals surface area contributed by atoms with Crippen LogP contribution in [0.15, 0.2) is 4.99 Å². The van der Waals surface area contributed by atoms with Gasteiger partial charge < -0.3 is 24.8 Å². The van der Waals surface area contributed by atoms with Gasteiger partial charge in [-0.05, 0) is 33.6 Å². The number of aromatic nitrogens is 3. The quantitative estimate of drug-likeness (QED) is 0.612. The number of carbonyl (C=O) groups excluding carboxylic acids is 1. The predicted molar refractivity (Wildman–Crippen MR) is 97.9 cm³/mol. The van der Waals surface area contributed by atoms with E-state index in [9.17, 15) is 4.79 Å². The van der Waals surface area contributed by atoms with Gasteiger partial charge in [-0.3, -0.25) is 4.99 Å². The summed E-state index contributed by atoms with van der Waals surface area (Å²) in [4.78, 5) is 18.4. The van der Waals surface area contributed by atoms with E-state index >= 15 is 0 Å². The summed E-state index contributed by atoms with van der Waals surface area (Å²) in [5, 5.41) is 14.8. The minimum absolute atomic E-state index is 0.0562. The molecule has 2 aliphatic rings. The van der Waals surface area contributed by atoms with Crippen molar-refractivity contribution >= 4 is 12.1 Å². The minimum Gasteiger partial charge on any atom is -0.444 e. The van der Waals surface area contributed by atoms with E-state index < -0.39 is 5.60 Å². The van der Waals surface area contributed by atoms with Crippen LogP contribution >= 0.6 is 0 Å². The lowest BCUT2D eigenvalue weighted by Gasteiger charge is -2.23. The lowest BCUT2D eigenvalue weighted by Crippen LogP contribution is -2.44. The summed E-state index contributed by atoms with van der Waals surface area (Å²) in [7, 11) is 1.77. The summed E-state index contributed by atoms with van der Waals surface area (Å²) in [6.07, 6.45) is 2.63. The molecule has 26 heavy (non-hydrogen) atoms. The van der Waals surface area contributed by atoms with Crippen molar-refractivity contribution in [2.24, 2.45) is 4.99 Å². The van der Waals surface area contributed by atoms with Gasteiger partial charge in [-0.15, -0.1) is 10.2 Å². The Hall–Kier alpha value is -2.32. The van der Waals surface area contributed by atoms with E-state index in [-0.39, 0.29) is 12.1 Å². The van der Waals surface area contributed by atoms with Crippen molar-refractivity contribution in [3.63, 3.8) is 0 Å². The summed E-state index contributed by atoms with van der Waals surface area (Å²) in [5.74, 6) is 2.83. The fourth-order valence-electron chi connectivity index (χ4n) is 3.38. The van der Waals surface area contributed by atoms with Crippen molar-refractivity contribution in [3.8, 4) is 0 Å². The molecule has 0 radical (unpaired) electrons. The zero-order chi connectivity index (χ0) is 18.7. The van der Waals surface area contributed by atoms with Gasteiger partial charge in [0.2, 0.25) is 0 Å². The normalized spacial score (nSPS) is 20.2. The average molecular weight is 363 g/mol. The van der Waals surface area contributed by atoms with Crippen molar-refractivity contribution in [3.05, 3.63) is 11.6 Å². The Bertz CT molecular complexity index is 677. The first-order valence-corrected chi connectivity index (χ1v) is 9.22. The molecule has 1 aromatic heterocycles. The number of rotatable bonds is 3. The maximum absolute atomic E-state index is 11.9. The summed E-state index contributed by atoms with van der Waals surface area (Å²) < 4.78 is 7.51. The molecule has 1 amide bonds. The average Bonchev–Trinajstić information content (AvgIpc) is 3.24. The van der Waals surface area contributed by atoms with Crippen LogP contribution in [-0.4, -0.2) is 63.5 Å². The number of amides is 1.